The summed E-state index contributed by atoms with van der Waals surface area (Å²) in [4.78, 5) is 14.6. The summed E-state index contributed by atoms with van der Waals surface area (Å²) in [7, 11) is 0. The molecular formula is C19H22N2O3. The second-order valence-corrected chi connectivity index (χ2v) is 7.00. The van der Waals surface area contributed by atoms with E-state index >= 15 is 0 Å². The first-order valence-electron chi connectivity index (χ1n) is 8.76. The number of nitriles is 1. The minimum absolute atomic E-state index is 0.0331. The van der Waals surface area contributed by atoms with E-state index in [2.05, 4.69) is 6.07 Å². The lowest BCUT2D eigenvalue weighted by Crippen LogP contribution is -2.55. The molecule has 5 heteroatoms. The smallest absolute Gasteiger partial charge is 0.254 e. The van der Waals surface area contributed by atoms with Gasteiger partial charge in [0.2, 0.25) is 0 Å². The average molecular weight is 326 g/mol. The summed E-state index contributed by atoms with van der Waals surface area (Å²) < 4.78 is 11.7. The van der Waals surface area contributed by atoms with E-state index in [-0.39, 0.29) is 17.9 Å². The summed E-state index contributed by atoms with van der Waals surface area (Å²) in [6, 6.07) is 11.3. The van der Waals surface area contributed by atoms with Gasteiger partial charge < -0.3 is 14.4 Å². The van der Waals surface area contributed by atoms with Gasteiger partial charge in [0.25, 0.3) is 5.91 Å². The molecule has 126 valence electrons. The van der Waals surface area contributed by atoms with Gasteiger partial charge >= 0.3 is 0 Å². The fourth-order valence-corrected chi connectivity index (χ4v) is 4.58. The molecule has 1 amide bonds. The van der Waals surface area contributed by atoms with Gasteiger partial charge in [-0.2, -0.15) is 5.26 Å². The van der Waals surface area contributed by atoms with Crippen molar-refractivity contribution in [1.82, 2.24) is 4.90 Å². The lowest BCUT2D eigenvalue weighted by molar-refractivity contribution is -0.201. The van der Waals surface area contributed by atoms with Crippen LogP contribution in [-0.4, -0.2) is 42.4 Å². The molecule has 5 nitrogen and oxygen atoms in total. The highest BCUT2D eigenvalue weighted by Crippen LogP contribution is 2.47. The predicted octanol–water partition coefficient (Wildman–Crippen LogP) is 2.58. The van der Waals surface area contributed by atoms with E-state index in [0.29, 0.717) is 31.2 Å². The summed E-state index contributed by atoms with van der Waals surface area (Å²) in [5.74, 6) is 0.151. The fraction of sp³-hybridized carbons (Fsp3) is 0.579. The fourth-order valence-electron chi connectivity index (χ4n) is 4.58. The van der Waals surface area contributed by atoms with Crippen molar-refractivity contribution in [1.29, 1.82) is 5.26 Å². The number of carbonyl (C=O) groups excluding carboxylic acids is 1. The summed E-state index contributed by atoms with van der Waals surface area (Å²) in [5.41, 5.74) is 0.658. The lowest BCUT2D eigenvalue weighted by Gasteiger charge is -2.48. The maximum atomic E-state index is 12.8. The number of nitrogens with zero attached hydrogens (tertiary/aromatic N) is 2. The molecule has 4 rings (SSSR count). The second kappa shape index (κ2) is 6.19. The summed E-state index contributed by atoms with van der Waals surface area (Å²) in [6.07, 6.45) is 3.46. The molecule has 3 aliphatic rings. The molecule has 0 aromatic heterocycles. The zero-order valence-electron chi connectivity index (χ0n) is 13.7. The Morgan fingerprint density at radius 1 is 1.21 bits per heavy atom. The first-order chi connectivity index (χ1) is 11.7. The zero-order chi connectivity index (χ0) is 16.6. The van der Waals surface area contributed by atoms with Crippen molar-refractivity contribution in [3.05, 3.63) is 35.9 Å². The molecule has 2 heterocycles. The molecule has 1 aliphatic carbocycles. The molecule has 0 unspecified atom stereocenters. The molecule has 1 spiro atoms. The van der Waals surface area contributed by atoms with Crippen LogP contribution < -0.4 is 0 Å². The Balaban J connectivity index is 1.53. The molecule has 1 aromatic carbocycles. The van der Waals surface area contributed by atoms with E-state index in [1.165, 1.54) is 0 Å². The summed E-state index contributed by atoms with van der Waals surface area (Å²) in [5, 5.41) is 9.75. The Morgan fingerprint density at radius 2 is 1.96 bits per heavy atom. The van der Waals surface area contributed by atoms with Crippen LogP contribution in [0, 0.1) is 23.2 Å². The van der Waals surface area contributed by atoms with Gasteiger partial charge in [0.15, 0.2) is 5.79 Å². The highest BCUT2D eigenvalue weighted by atomic mass is 16.7. The molecule has 0 bridgehead atoms. The van der Waals surface area contributed by atoms with Gasteiger partial charge in [-0.1, -0.05) is 18.2 Å². The Kier molecular flexibility index (Phi) is 4.03. The molecule has 3 atom stereocenters. The minimum atomic E-state index is -0.424. The van der Waals surface area contributed by atoms with Crippen molar-refractivity contribution in [3.63, 3.8) is 0 Å². The highest BCUT2D eigenvalue weighted by Gasteiger charge is 2.50. The van der Waals surface area contributed by atoms with Gasteiger partial charge in [-0.25, -0.2) is 0 Å². The minimum Gasteiger partial charge on any atom is -0.348 e. The van der Waals surface area contributed by atoms with Gasteiger partial charge in [-0.15, -0.1) is 0 Å². The monoisotopic (exact) mass is 326 g/mol. The van der Waals surface area contributed by atoms with Crippen LogP contribution in [0.4, 0.5) is 0 Å². The molecule has 1 aromatic rings. The van der Waals surface area contributed by atoms with E-state index in [0.717, 1.165) is 25.7 Å². The van der Waals surface area contributed by atoms with E-state index in [9.17, 15) is 10.1 Å². The molecular weight excluding hydrogens is 304 g/mol. The summed E-state index contributed by atoms with van der Waals surface area (Å²) >= 11 is 0. The van der Waals surface area contributed by atoms with Crippen LogP contribution >= 0.6 is 0 Å². The van der Waals surface area contributed by atoms with E-state index < -0.39 is 5.79 Å². The lowest BCUT2D eigenvalue weighted by atomic mass is 9.69. The van der Waals surface area contributed by atoms with Gasteiger partial charge in [-0.3, -0.25) is 4.79 Å². The number of piperidine rings is 1. The Hall–Kier alpha value is -1.90. The highest BCUT2D eigenvalue weighted by molar-refractivity contribution is 5.94. The third kappa shape index (κ3) is 2.60. The van der Waals surface area contributed by atoms with Crippen LogP contribution in [0.5, 0.6) is 0 Å². The van der Waals surface area contributed by atoms with Gasteiger partial charge in [0.05, 0.1) is 19.3 Å². The SMILES string of the molecule is N#C[C@H]1[C@@H]2CCC3(C[C@H]2CCN1C(=O)c1ccccc1)OCCO3. The predicted molar refractivity (Wildman–Crippen MR) is 87.0 cm³/mol. The topological polar surface area (TPSA) is 62.6 Å². The number of hydrogen-bond acceptors (Lipinski definition) is 4. The Morgan fingerprint density at radius 3 is 2.67 bits per heavy atom. The number of rotatable bonds is 1. The van der Waals surface area contributed by atoms with Crippen molar-refractivity contribution in [2.24, 2.45) is 11.8 Å². The van der Waals surface area contributed by atoms with Crippen LogP contribution in [0.1, 0.15) is 36.0 Å². The Bertz CT molecular complexity index is 648. The molecule has 3 fully saturated rings. The van der Waals surface area contributed by atoms with Crippen LogP contribution in [0.15, 0.2) is 30.3 Å². The van der Waals surface area contributed by atoms with Crippen molar-refractivity contribution >= 4 is 5.91 Å². The summed E-state index contributed by atoms with van der Waals surface area (Å²) in [6.45, 7) is 1.96. The first kappa shape index (κ1) is 15.6. The molecule has 24 heavy (non-hydrogen) atoms. The number of carbonyl (C=O) groups is 1. The average Bonchev–Trinajstić information content (AvgIpc) is 3.08. The quantitative estimate of drug-likeness (QED) is 0.796. The van der Waals surface area contributed by atoms with E-state index in [1.54, 1.807) is 4.90 Å². The van der Waals surface area contributed by atoms with Crippen molar-refractivity contribution < 1.29 is 14.3 Å². The van der Waals surface area contributed by atoms with Crippen molar-refractivity contribution in [2.75, 3.05) is 19.8 Å². The maximum absolute atomic E-state index is 12.8. The normalized spacial score (nSPS) is 31.5. The van der Waals surface area contributed by atoms with Gasteiger partial charge in [-0.05, 0) is 36.8 Å². The number of benzene rings is 1. The third-order valence-corrected chi connectivity index (χ3v) is 5.75. The van der Waals surface area contributed by atoms with Crippen molar-refractivity contribution in [3.8, 4) is 6.07 Å². The van der Waals surface area contributed by atoms with Gasteiger partial charge in [0.1, 0.15) is 6.04 Å². The Labute approximate surface area is 142 Å². The molecule has 2 saturated heterocycles. The van der Waals surface area contributed by atoms with Crippen LogP contribution in [0.3, 0.4) is 0 Å². The number of fused-ring (bicyclic) bond motifs is 1. The molecule has 1 saturated carbocycles. The number of amides is 1. The largest absolute Gasteiger partial charge is 0.348 e. The third-order valence-electron chi connectivity index (χ3n) is 5.75. The van der Waals surface area contributed by atoms with Crippen molar-refractivity contribution in [2.45, 2.75) is 37.5 Å². The second-order valence-electron chi connectivity index (χ2n) is 7.00. The van der Waals surface area contributed by atoms with Crippen LogP contribution in [0.2, 0.25) is 0 Å². The number of likely N-dealkylation sites (tertiary alicyclic amines) is 1. The molecule has 0 N–H and O–H groups in total. The van der Waals surface area contributed by atoms with Gasteiger partial charge in [0, 0.05) is 24.9 Å². The van der Waals surface area contributed by atoms with Crippen LogP contribution in [-0.2, 0) is 9.47 Å². The number of hydrogen-bond donors (Lipinski definition) is 0. The first-order valence-corrected chi connectivity index (χ1v) is 8.76. The van der Waals surface area contributed by atoms with E-state index in [1.807, 2.05) is 30.3 Å². The van der Waals surface area contributed by atoms with E-state index in [4.69, 9.17) is 9.47 Å². The van der Waals surface area contributed by atoms with Crippen LogP contribution in [0.25, 0.3) is 0 Å². The molecule has 0 radical (unpaired) electrons. The standard InChI is InChI=1S/C19H22N2O3/c20-13-17-16-6-8-19(23-10-11-24-19)12-15(16)7-9-21(17)18(22)14-4-2-1-3-5-14/h1-5,15-17H,6-12H2/t15-,16-,17+/m1/s1. The molecule has 2 aliphatic heterocycles. The zero-order valence-corrected chi connectivity index (χ0v) is 13.7. The number of ether oxygens (including phenoxy) is 2. The maximum Gasteiger partial charge on any atom is 0.254 e.